The van der Waals surface area contributed by atoms with Crippen LogP contribution in [0.2, 0.25) is 0 Å². The Morgan fingerprint density at radius 1 is 1.15 bits per heavy atom. The summed E-state index contributed by atoms with van der Waals surface area (Å²) < 4.78 is 12.9. The summed E-state index contributed by atoms with van der Waals surface area (Å²) in [6.45, 7) is 2.93. The number of hydrogen-bond acceptors (Lipinski definition) is 3. The Labute approximate surface area is 118 Å². The van der Waals surface area contributed by atoms with Crippen LogP contribution in [0.15, 0.2) is 24.3 Å². The van der Waals surface area contributed by atoms with E-state index in [4.69, 9.17) is 0 Å². The topological polar surface area (TPSA) is 37.8 Å². The molecule has 0 atom stereocenters. The largest absolute Gasteiger partial charge is 0.370 e. The molecule has 20 heavy (non-hydrogen) atoms. The summed E-state index contributed by atoms with van der Waals surface area (Å²) in [5, 5.41) is 3.33. The van der Waals surface area contributed by atoms with Crippen LogP contribution in [0.4, 0.5) is 10.2 Å². The molecule has 1 aliphatic rings. The molecule has 104 valence electrons. The molecule has 0 saturated heterocycles. The number of benzene rings is 1. The van der Waals surface area contributed by atoms with Crippen molar-refractivity contribution in [3.8, 4) is 0 Å². The van der Waals surface area contributed by atoms with E-state index >= 15 is 0 Å². The van der Waals surface area contributed by atoms with Crippen molar-refractivity contribution >= 4 is 5.82 Å². The number of hydrogen-bond donors (Lipinski definition) is 1. The molecule has 0 bridgehead atoms. The van der Waals surface area contributed by atoms with Gasteiger partial charge in [-0.05, 0) is 43.9 Å². The van der Waals surface area contributed by atoms with E-state index in [1.165, 1.54) is 23.4 Å². The van der Waals surface area contributed by atoms with Crippen LogP contribution < -0.4 is 5.32 Å². The average molecular weight is 271 g/mol. The number of anilines is 1. The van der Waals surface area contributed by atoms with Crippen LogP contribution in [0.5, 0.6) is 0 Å². The molecular formula is C16H18FN3. The van der Waals surface area contributed by atoms with E-state index in [-0.39, 0.29) is 5.82 Å². The van der Waals surface area contributed by atoms with Crippen LogP contribution in [0.25, 0.3) is 0 Å². The predicted octanol–water partition coefficient (Wildman–Crippen LogP) is 3.13. The summed E-state index contributed by atoms with van der Waals surface area (Å²) in [5.74, 6) is 1.58. The summed E-state index contributed by atoms with van der Waals surface area (Å²) in [6.07, 6.45) is 3.90. The van der Waals surface area contributed by atoms with Crippen molar-refractivity contribution in [3.63, 3.8) is 0 Å². The van der Waals surface area contributed by atoms with Crippen molar-refractivity contribution in [1.82, 2.24) is 9.97 Å². The van der Waals surface area contributed by atoms with Crippen molar-refractivity contribution in [2.45, 2.75) is 32.6 Å². The van der Waals surface area contributed by atoms with Crippen molar-refractivity contribution in [2.24, 2.45) is 0 Å². The molecule has 0 spiro atoms. The maximum Gasteiger partial charge on any atom is 0.135 e. The highest BCUT2D eigenvalue weighted by molar-refractivity contribution is 5.49. The van der Waals surface area contributed by atoms with Crippen LogP contribution in [-0.4, -0.2) is 16.5 Å². The molecule has 1 aliphatic carbocycles. The second kappa shape index (κ2) is 5.57. The lowest BCUT2D eigenvalue weighted by Crippen LogP contribution is -2.08. The van der Waals surface area contributed by atoms with E-state index in [0.29, 0.717) is 6.42 Å². The van der Waals surface area contributed by atoms with Crippen molar-refractivity contribution in [1.29, 1.82) is 0 Å². The number of fused-ring (bicyclic) bond motifs is 1. The molecule has 0 amide bonds. The van der Waals surface area contributed by atoms with Crippen LogP contribution in [0, 0.1) is 5.82 Å². The highest BCUT2D eigenvalue weighted by Crippen LogP contribution is 2.26. The molecule has 2 aromatic rings. The monoisotopic (exact) mass is 271 g/mol. The van der Waals surface area contributed by atoms with Gasteiger partial charge in [0.2, 0.25) is 0 Å². The number of halogens is 1. The first-order valence-corrected chi connectivity index (χ1v) is 7.13. The molecule has 1 heterocycles. The van der Waals surface area contributed by atoms with Gasteiger partial charge >= 0.3 is 0 Å². The normalized spacial score (nSPS) is 13.3. The van der Waals surface area contributed by atoms with Gasteiger partial charge in [-0.15, -0.1) is 0 Å². The number of nitrogens with one attached hydrogen (secondary N) is 1. The summed E-state index contributed by atoms with van der Waals surface area (Å²) in [6, 6.07) is 6.54. The van der Waals surface area contributed by atoms with Gasteiger partial charge in [0.1, 0.15) is 17.5 Å². The van der Waals surface area contributed by atoms with Crippen molar-refractivity contribution < 1.29 is 4.39 Å². The number of nitrogens with zero attached hydrogens (tertiary/aromatic N) is 2. The Morgan fingerprint density at radius 3 is 2.70 bits per heavy atom. The Balaban J connectivity index is 1.89. The Hall–Kier alpha value is -1.97. The molecule has 4 heteroatoms. The molecule has 0 saturated carbocycles. The summed E-state index contributed by atoms with van der Waals surface area (Å²) in [4.78, 5) is 9.30. The second-order valence-electron chi connectivity index (χ2n) is 5.10. The predicted molar refractivity (Wildman–Crippen MR) is 77.4 cm³/mol. The number of rotatable bonds is 4. The molecule has 3 rings (SSSR count). The standard InChI is InChI=1S/C16H18FN3/c1-2-18-16-13-4-3-5-14(13)19-15(20-16)10-11-6-8-12(17)9-7-11/h6-9H,2-5,10H2,1H3,(H,18,19,20). The minimum atomic E-state index is -0.211. The van der Waals surface area contributed by atoms with E-state index in [2.05, 4.69) is 22.2 Å². The van der Waals surface area contributed by atoms with Crippen LogP contribution >= 0.6 is 0 Å². The van der Waals surface area contributed by atoms with Crippen LogP contribution in [0.1, 0.15) is 36.0 Å². The maximum absolute atomic E-state index is 12.9. The van der Waals surface area contributed by atoms with Crippen molar-refractivity contribution in [2.75, 3.05) is 11.9 Å². The van der Waals surface area contributed by atoms with E-state index < -0.39 is 0 Å². The zero-order chi connectivity index (χ0) is 13.9. The summed E-state index contributed by atoms with van der Waals surface area (Å²) in [7, 11) is 0. The molecule has 0 unspecified atom stereocenters. The van der Waals surface area contributed by atoms with E-state index in [9.17, 15) is 4.39 Å². The first kappa shape index (κ1) is 13.0. The first-order valence-electron chi connectivity index (χ1n) is 7.13. The van der Waals surface area contributed by atoms with E-state index in [0.717, 1.165) is 43.0 Å². The molecular weight excluding hydrogens is 253 g/mol. The second-order valence-corrected chi connectivity index (χ2v) is 5.10. The average Bonchev–Trinajstić information content (AvgIpc) is 2.90. The van der Waals surface area contributed by atoms with Gasteiger partial charge in [-0.3, -0.25) is 0 Å². The van der Waals surface area contributed by atoms with E-state index in [1.807, 2.05) is 0 Å². The first-order chi connectivity index (χ1) is 9.76. The highest BCUT2D eigenvalue weighted by Gasteiger charge is 2.18. The fourth-order valence-electron chi connectivity index (χ4n) is 2.66. The Kier molecular flexibility index (Phi) is 3.63. The minimum absolute atomic E-state index is 0.211. The van der Waals surface area contributed by atoms with Crippen LogP contribution in [0.3, 0.4) is 0 Å². The summed E-state index contributed by atoms with van der Waals surface area (Å²) in [5.41, 5.74) is 3.48. The zero-order valence-corrected chi connectivity index (χ0v) is 11.6. The lowest BCUT2D eigenvalue weighted by atomic mass is 10.1. The molecule has 1 aromatic carbocycles. The number of aryl methyl sites for hydroxylation is 1. The summed E-state index contributed by atoms with van der Waals surface area (Å²) >= 11 is 0. The van der Waals surface area contributed by atoms with Crippen LogP contribution in [-0.2, 0) is 19.3 Å². The van der Waals surface area contributed by atoms with Gasteiger partial charge in [0, 0.05) is 24.2 Å². The SMILES string of the molecule is CCNc1nc(Cc2ccc(F)cc2)nc2c1CCC2. The third kappa shape index (κ3) is 2.64. The van der Waals surface area contributed by atoms with Crippen molar-refractivity contribution in [3.05, 3.63) is 52.7 Å². The van der Waals surface area contributed by atoms with Gasteiger partial charge in [0.05, 0.1) is 0 Å². The van der Waals surface area contributed by atoms with Gasteiger partial charge in [-0.25, -0.2) is 14.4 Å². The van der Waals surface area contributed by atoms with Gasteiger partial charge in [-0.1, -0.05) is 12.1 Å². The molecule has 0 radical (unpaired) electrons. The number of aromatic nitrogens is 2. The fourth-order valence-corrected chi connectivity index (χ4v) is 2.66. The smallest absolute Gasteiger partial charge is 0.135 e. The molecule has 0 fully saturated rings. The maximum atomic E-state index is 12.9. The Bertz CT molecular complexity index is 608. The van der Waals surface area contributed by atoms with Gasteiger partial charge in [-0.2, -0.15) is 0 Å². The molecule has 1 N–H and O–H groups in total. The van der Waals surface area contributed by atoms with E-state index in [1.54, 1.807) is 12.1 Å². The van der Waals surface area contributed by atoms with Gasteiger partial charge < -0.3 is 5.32 Å². The molecule has 0 aliphatic heterocycles. The minimum Gasteiger partial charge on any atom is -0.370 e. The van der Waals surface area contributed by atoms with Gasteiger partial charge in [0.15, 0.2) is 0 Å². The molecule has 3 nitrogen and oxygen atoms in total. The lowest BCUT2D eigenvalue weighted by Gasteiger charge is -2.11. The molecule has 1 aromatic heterocycles. The Morgan fingerprint density at radius 2 is 1.95 bits per heavy atom. The zero-order valence-electron chi connectivity index (χ0n) is 11.6. The fraction of sp³-hybridized carbons (Fsp3) is 0.375. The third-order valence-electron chi connectivity index (χ3n) is 3.60. The third-order valence-corrected chi connectivity index (χ3v) is 3.60. The van der Waals surface area contributed by atoms with Gasteiger partial charge in [0.25, 0.3) is 0 Å². The lowest BCUT2D eigenvalue weighted by molar-refractivity contribution is 0.627. The highest BCUT2D eigenvalue weighted by atomic mass is 19.1. The quantitative estimate of drug-likeness (QED) is 0.928.